The minimum Gasteiger partial charge on any atom is -0.481 e. The SMILES string of the molecule is CC(C)(C)N1CC(N=[N+]=[N-])(C(=O)O)C1. The highest BCUT2D eigenvalue weighted by molar-refractivity contribution is 5.81. The van der Waals surface area contributed by atoms with Gasteiger partial charge in [-0.1, -0.05) is 5.11 Å². The molecular formula is C8H14N4O2. The predicted octanol–water partition coefficient (Wildman–Crippen LogP) is 1.23. The third-order valence-corrected chi connectivity index (χ3v) is 2.49. The highest BCUT2D eigenvalue weighted by Gasteiger charge is 2.52. The molecule has 0 saturated carbocycles. The van der Waals surface area contributed by atoms with Crippen molar-refractivity contribution < 1.29 is 9.90 Å². The number of carboxylic acid groups (broad SMARTS) is 1. The van der Waals surface area contributed by atoms with Gasteiger partial charge < -0.3 is 5.11 Å². The lowest BCUT2D eigenvalue weighted by molar-refractivity contribution is -0.153. The highest BCUT2D eigenvalue weighted by Crippen LogP contribution is 2.31. The third kappa shape index (κ3) is 1.66. The maximum Gasteiger partial charge on any atom is 0.318 e. The average molecular weight is 198 g/mol. The fraction of sp³-hybridized carbons (Fsp3) is 0.875. The summed E-state index contributed by atoms with van der Waals surface area (Å²) in [5.74, 6) is -1.05. The highest BCUT2D eigenvalue weighted by atomic mass is 16.4. The van der Waals surface area contributed by atoms with Crippen LogP contribution in [0.25, 0.3) is 10.4 Å². The summed E-state index contributed by atoms with van der Waals surface area (Å²) < 4.78 is 0. The first kappa shape index (κ1) is 10.8. The van der Waals surface area contributed by atoms with Gasteiger partial charge in [-0.15, -0.1) is 0 Å². The Morgan fingerprint density at radius 2 is 2.07 bits per heavy atom. The van der Waals surface area contributed by atoms with Crippen molar-refractivity contribution in [1.82, 2.24) is 4.90 Å². The van der Waals surface area contributed by atoms with E-state index in [0.717, 1.165) is 0 Å². The van der Waals surface area contributed by atoms with Gasteiger partial charge in [0.05, 0.1) is 0 Å². The topological polar surface area (TPSA) is 89.3 Å². The molecule has 0 radical (unpaired) electrons. The summed E-state index contributed by atoms with van der Waals surface area (Å²) in [5, 5.41) is 12.3. The molecule has 1 heterocycles. The summed E-state index contributed by atoms with van der Waals surface area (Å²) in [4.78, 5) is 15.4. The van der Waals surface area contributed by atoms with E-state index in [1.165, 1.54) is 0 Å². The summed E-state index contributed by atoms with van der Waals surface area (Å²) >= 11 is 0. The maximum atomic E-state index is 10.9. The first-order valence-electron chi connectivity index (χ1n) is 4.36. The lowest BCUT2D eigenvalue weighted by Crippen LogP contribution is -2.69. The number of hydrogen-bond donors (Lipinski definition) is 1. The molecule has 0 unspecified atom stereocenters. The van der Waals surface area contributed by atoms with Crippen LogP contribution in [0.4, 0.5) is 0 Å². The summed E-state index contributed by atoms with van der Waals surface area (Å²) in [7, 11) is 0. The van der Waals surface area contributed by atoms with Crippen molar-refractivity contribution >= 4 is 5.97 Å². The fourth-order valence-electron chi connectivity index (χ4n) is 1.39. The molecule has 14 heavy (non-hydrogen) atoms. The van der Waals surface area contributed by atoms with E-state index < -0.39 is 11.5 Å². The minimum absolute atomic E-state index is 0.0794. The fourth-order valence-corrected chi connectivity index (χ4v) is 1.39. The Bertz CT molecular complexity index is 291. The summed E-state index contributed by atoms with van der Waals surface area (Å²) in [5.41, 5.74) is 6.95. The van der Waals surface area contributed by atoms with Crippen molar-refractivity contribution in [2.75, 3.05) is 13.1 Å². The van der Waals surface area contributed by atoms with Gasteiger partial charge in [-0.3, -0.25) is 9.69 Å². The van der Waals surface area contributed by atoms with Crippen LogP contribution in [-0.4, -0.2) is 40.1 Å². The zero-order chi connectivity index (χ0) is 11.0. The Kier molecular flexibility index (Phi) is 2.43. The van der Waals surface area contributed by atoms with Crippen LogP contribution in [0.2, 0.25) is 0 Å². The molecule has 0 aromatic heterocycles. The van der Waals surface area contributed by atoms with Crippen LogP contribution in [0.3, 0.4) is 0 Å². The number of nitrogens with zero attached hydrogens (tertiary/aromatic N) is 4. The quantitative estimate of drug-likeness (QED) is 0.411. The van der Waals surface area contributed by atoms with Crippen LogP contribution in [0.5, 0.6) is 0 Å². The van der Waals surface area contributed by atoms with Crippen LogP contribution in [0.1, 0.15) is 20.8 Å². The molecule has 1 aliphatic heterocycles. The zero-order valence-electron chi connectivity index (χ0n) is 8.56. The van der Waals surface area contributed by atoms with E-state index in [9.17, 15) is 4.79 Å². The molecule has 0 aromatic rings. The Balaban J connectivity index is 2.75. The van der Waals surface area contributed by atoms with Crippen LogP contribution in [0, 0.1) is 0 Å². The second-order valence-corrected chi connectivity index (χ2v) is 4.55. The van der Waals surface area contributed by atoms with Gasteiger partial charge in [-0.05, 0) is 26.3 Å². The number of carboxylic acids is 1. The number of hydrogen-bond acceptors (Lipinski definition) is 3. The van der Waals surface area contributed by atoms with Gasteiger partial charge in [0.1, 0.15) is 0 Å². The molecule has 0 spiro atoms. The zero-order valence-corrected chi connectivity index (χ0v) is 8.56. The molecular weight excluding hydrogens is 184 g/mol. The molecule has 6 nitrogen and oxygen atoms in total. The van der Waals surface area contributed by atoms with E-state index in [1.807, 2.05) is 25.7 Å². The van der Waals surface area contributed by atoms with Gasteiger partial charge in [0.15, 0.2) is 5.54 Å². The van der Waals surface area contributed by atoms with Crippen molar-refractivity contribution in [3.05, 3.63) is 10.4 Å². The number of azide groups is 1. The predicted molar refractivity (Wildman–Crippen MR) is 50.8 cm³/mol. The lowest BCUT2D eigenvalue weighted by atomic mass is 9.86. The number of carbonyl (C=O) groups is 1. The summed E-state index contributed by atoms with van der Waals surface area (Å²) in [6.45, 7) is 6.56. The molecule has 1 fully saturated rings. The van der Waals surface area contributed by atoms with Crippen molar-refractivity contribution in [3.8, 4) is 0 Å². The second-order valence-electron chi connectivity index (χ2n) is 4.55. The monoisotopic (exact) mass is 198 g/mol. The van der Waals surface area contributed by atoms with E-state index in [2.05, 4.69) is 10.0 Å². The molecule has 1 saturated heterocycles. The molecule has 0 atom stereocenters. The van der Waals surface area contributed by atoms with E-state index in [0.29, 0.717) is 0 Å². The molecule has 0 aliphatic carbocycles. The molecule has 1 N–H and O–H groups in total. The molecule has 0 amide bonds. The minimum atomic E-state index is -1.25. The Hall–Kier alpha value is -1.26. The van der Waals surface area contributed by atoms with Gasteiger partial charge in [0.2, 0.25) is 0 Å². The van der Waals surface area contributed by atoms with Crippen molar-refractivity contribution in [2.24, 2.45) is 5.11 Å². The van der Waals surface area contributed by atoms with E-state index in [4.69, 9.17) is 10.6 Å². The average Bonchev–Trinajstić information content (AvgIpc) is 1.92. The summed E-state index contributed by atoms with van der Waals surface area (Å²) in [6, 6.07) is 0. The van der Waals surface area contributed by atoms with Gasteiger partial charge in [0.25, 0.3) is 0 Å². The number of rotatable bonds is 2. The second kappa shape index (κ2) is 3.15. The Labute approximate surface area is 82.1 Å². The number of likely N-dealkylation sites (tertiary alicyclic amines) is 1. The van der Waals surface area contributed by atoms with Crippen LogP contribution < -0.4 is 0 Å². The molecule has 1 rings (SSSR count). The molecule has 78 valence electrons. The Morgan fingerprint density at radius 1 is 1.57 bits per heavy atom. The number of aliphatic carboxylic acids is 1. The molecule has 0 bridgehead atoms. The van der Waals surface area contributed by atoms with Crippen molar-refractivity contribution in [2.45, 2.75) is 31.8 Å². The van der Waals surface area contributed by atoms with Crippen molar-refractivity contribution in [3.63, 3.8) is 0 Å². The third-order valence-electron chi connectivity index (χ3n) is 2.49. The van der Waals surface area contributed by atoms with E-state index >= 15 is 0 Å². The van der Waals surface area contributed by atoms with Gasteiger partial charge >= 0.3 is 5.97 Å². The largest absolute Gasteiger partial charge is 0.481 e. The van der Waals surface area contributed by atoms with Gasteiger partial charge in [0, 0.05) is 23.5 Å². The van der Waals surface area contributed by atoms with E-state index in [1.54, 1.807) is 0 Å². The molecule has 6 heteroatoms. The summed E-state index contributed by atoms with van der Waals surface area (Å²) in [6.07, 6.45) is 0. The van der Waals surface area contributed by atoms with E-state index in [-0.39, 0.29) is 18.6 Å². The molecule has 1 aliphatic rings. The van der Waals surface area contributed by atoms with Crippen LogP contribution >= 0.6 is 0 Å². The smallest absolute Gasteiger partial charge is 0.318 e. The Morgan fingerprint density at radius 3 is 2.36 bits per heavy atom. The first-order chi connectivity index (χ1) is 6.32. The van der Waals surface area contributed by atoms with Crippen LogP contribution in [-0.2, 0) is 4.79 Å². The normalized spacial score (nSPS) is 20.8. The van der Waals surface area contributed by atoms with Crippen LogP contribution in [0.15, 0.2) is 5.11 Å². The molecule has 0 aromatic carbocycles. The van der Waals surface area contributed by atoms with Gasteiger partial charge in [-0.25, -0.2) is 0 Å². The van der Waals surface area contributed by atoms with Crippen molar-refractivity contribution in [1.29, 1.82) is 0 Å². The standard InChI is InChI=1S/C8H14N4O2/c1-7(2,3)12-4-8(5-12,6(13)14)10-11-9/h4-5H2,1-3H3,(H,13,14). The van der Waals surface area contributed by atoms with Gasteiger partial charge in [-0.2, -0.15) is 0 Å². The maximum absolute atomic E-state index is 10.9. The lowest BCUT2D eigenvalue weighted by Gasteiger charge is -2.51. The first-order valence-corrected chi connectivity index (χ1v) is 4.36.